The number of aromatic nitrogens is 2. The Bertz CT molecular complexity index is 1090. The molecule has 5 nitrogen and oxygen atoms in total. The number of unbranched alkanes of at least 4 members (excludes halogenated alkanes) is 1. The summed E-state index contributed by atoms with van der Waals surface area (Å²) in [7, 11) is 0. The van der Waals surface area contributed by atoms with Gasteiger partial charge >= 0.3 is 0 Å². The highest BCUT2D eigenvalue weighted by Crippen LogP contribution is 2.34. The SMILES string of the molecule is CCCCNC(=O)CSc1nc2scc(-c3ccc4c(c3)CCCC4)c2c(=O)[nH]1. The molecule has 0 saturated carbocycles. The molecule has 0 radical (unpaired) electrons. The van der Waals surface area contributed by atoms with Crippen LogP contribution in [0.4, 0.5) is 0 Å². The molecule has 1 aromatic carbocycles. The molecule has 152 valence electrons. The minimum atomic E-state index is -0.141. The lowest BCUT2D eigenvalue weighted by Gasteiger charge is -2.16. The Hall–Kier alpha value is -2.12. The smallest absolute Gasteiger partial charge is 0.260 e. The average Bonchev–Trinajstić information content (AvgIpc) is 3.17. The van der Waals surface area contributed by atoms with E-state index in [-0.39, 0.29) is 17.2 Å². The monoisotopic (exact) mass is 427 g/mol. The fraction of sp³-hybridized carbons (Fsp3) is 0.409. The van der Waals surface area contributed by atoms with Crippen molar-refractivity contribution >= 4 is 39.2 Å². The average molecular weight is 428 g/mol. The largest absolute Gasteiger partial charge is 0.355 e. The molecule has 2 heterocycles. The minimum Gasteiger partial charge on any atom is -0.355 e. The summed E-state index contributed by atoms with van der Waals surface area (Å²) in [5.41, 5.74) is 4.72. The van der Waals surface area contributed by atoms with E-state index in [1.54, 1.807) is 0 Å². The van der Waals surface area contributed by atoms with Gasteiger partial charge in [0.25, 0.3) is 5.56 Å². The Morgan fingerprint density at radius 2 is 2.10 bits per heavy atom. The van der Waals surface area contributed by atoms with Gasteiger partial charge in [-0.05, 0) is 48.8 Å². The van der Waals surface area contributed by atoms with Crippen LogP contribution in [0, 0.1) is 0 Å². The minimum absolute atomic E-state index is 0.0351. The molecule has 7 heteroatoms. The van der Waals surface area contributed by atoms with E-state index >= 15 is 0 Å². The molecule has 2 N–H and O–H groups in total. The molecule has 29 heavy (non-hydrogen) atoms. The number of rotatable bonds is 7. The summed E-state index contributed by atoms with van der Waals surface area (Å²) >= 11 is 2.75. The summed E-state index contributed by atoms with van der Waals surface area (Å²) in [4.78, 5) is 32.8. The molecule has 0 unspecified atom stereocenters. The van der Waals surface area contributed by atoms with Gasteiger partial charge in [0.2, 0.25) is 5.91 Å². The zero-order valence-electron chi connectivity index (χ0n) is 16.5. The van der Waals surface area contributed by atoms with E-state index in [9.17, 15) is 9.59 Å². The number of nitrogens with zero attached hydrogens (tertiary/aromatic N) is 1. The molecule has 4 rings (SSSR count). The highest BCUT2D eigenvalue weighted by atomic mass is 32.2. The first-order chi connectivity index (χ1) is 14.2. The van der Waals surface area contributed by atoms with Crippen LogP contribution >= 0.6 is 23.1 Å². The van der Waals surface area contributed by atoms with E-state index in [0.717, 1.165) is 41.6 Å². The Morgan fingerprint density at radius 1 is 1.28 bits per heavy atom. The van der Waals surface area contributed by atoms with Crippen LogP contribution in [-0.2, 0) is 17.6 Å². The molecule has 3 aromatic rings. The molecule has 0 aliphatic heterocycles. The molecule has 1 amide bonds. The van der Waals surface area contributed by atoms with Crippen LogP contribution in [0.25, 0.3) is 21.3 Å². The number of H-pyrrole nitrogens is 1. The second kappa shape index (κ2) is 9.13. The van der Waals surface area contributed by atoms with Crippen LogP contribution in [0.5, 0.6) is 0 Å². The topological polar surface area (TPSA) is 74.8 Å². The van der Waals surface area contributed by atoms with Gasteiger partial charge in [-0.1, -0.05) is 43.3 Å². The number of thiophene rings is 1. The van der Waals surface area contributed by atoms with E-state index in [1.807, 2.05) is 5.38 Å². The number of aryl methyl sites for hydroxylation is 2. The highest BCUT2D eigenvalue weighted by molar-refractivity contribution is 7.99. The number of hydrogen-bond donors (Lipinski definition) is 2. The van der Waals surface area contributed by atoms with Crippen molar-refractivity contribution in [2.75, 3.05) is 12.3 Å². The van der Waals surface area contributed by atoms with Gasteiger partial charge in [-0.2, -0.15) is 0 Å². The van der Waals surface area contributed by atoms with E-state index in [1.165, 1.54) is 47.1 Å². The third-order valence-corrected chi connectivity index (χ3v) is 7.02. The maximum atomic E-state index is 12.8. The number of thioether (sulfide) groups is 1. The maximum absolute atomic E-state index is 12.8. The van der Waals surface area contributed by atoms with Gasteiger partial charge in [-0.3, -0.25) is 9.59 Å². The van der Waals surface area contributed by atoms with E-state index < -0.39 is 0 Å². The lowest BCUT2D eigenvalue weighted by atomic mass is 9.89. The van der Waals surface area contributed by atoms with Crippen LogP contribution < -0.4 is 10.9 Å². The van der Waals surface area contributed by atoms with Crippen LogP contribution in [0.15, 0.2) is 33.5 Å². The fourth-order valence-electron chi connectivity index (χ4n) is 3.70. The predicted octanol–water partition coefficient (Wildman–Crippen LogP) is 4.54. The first-order valence-electron chi connectivity index (χ1n) is 10.2. The zero-order valence-corrected chi connectivity index (χ0v) is 18.2. The molecule has 1 aliphatic rings. The lowest BCUT2D eigenvalue weighted by molar-refractivity contribution is -0.118. The molecule has 0 fully saturated rings. The summed E-state index contributed by atoms with van der Waals surface area (Å²) in [6, 6.07) is 6.56. The van der Waals surface area contributed by atoms with Crippen LogP contribution in [0.3, 0.4) is 0 Å². The number of benzene rings is 1. The van der Waals surface area contributed by atoms with Crippen molar-refractivity contribution in [1.29, 1.82) is 0 Å². The third-order valence-electron chi connectivity index (χ3n) is 5.27. The van der Waals surface area contributed by atoms with Crippen LogP contribution in [0.2, 0.25) is 0 Å². The van der Waals surface area contributed by atoms with Gasteiger partial charge in [-0.25, -0.2) is 4.98 Å². The van der Waals surface area contributed by atoms with E-state index in [0.29, 0.717) is 17.1 Å². The number of hydrogen-bond acceptors (Lipinski definition) is 5. The number of carbonyl (C=O) groups excluding carboxylic acids is 1. The van der Waals surface area contributed by atoms with Crippen molar-refractivity contribution < 1.29 is 4.79 Å². The predicted molar refractivity (Wildman–Crippen MR) is 121 cm³/mol. The molecule has 1 aliphatic carbocycles. The summed E-state index contributed by atoms with van der Waals surface area (Å²) < 4.78 is 0. The quantitative estimate of drug-likeness (QED) is 0.330. The van der Waals surface area contributed by atoms with Gasteiger partial charge in [0.1, 0.15) is 4.83 Å². The van der Waals surface area contributed by atoms with Gasteiger partial charge < -0.3 is 10.3 Å². The van der Waals surface area contributed by atoms with Crippen molar-refractivity contribution in [3.05, 3.63) is 45.1 Å². The third kappa shape index (κ3) is 4.56. The second-order valence-electron chi connectivity index (χ2n) is 7.38. The first-order valence-corrected chi connectivity index (χ1v) is 12.1. The molecule has 0 saturated heterocycles. The molecule has 0 spiro atoms. The summed E-state index contributed by atoms with van der Waals surface area (Å²) in [5, 5.41) is 6.03. The number of nitrogens with one attached hydrogen (secondary N) is 2. The Kier molecular flexibility index (Phi) is 6.35. The van der Waals surface area contributed by atoms with Crippen molar-refractivity contribution in [3.8, 4) is 11.1 Å². The first kappa shape index (κ1) is 20.2. The molecular formula is C22H25N3O2S2. The number of carbonyl (C=O) groups is 1. The van der Waals surface area contributed by atoms with Crippen molar-refractivity contribution in [3.63, 3.8) is 0 Å². The normalized spacial score (nSPS) is 13.4. The van der Waals surface area contributed by atoms with Crippen molar-refractivity contribution in [1.82, 2.24) is 15.3 Å². The fourth-order valence-corrected chi connectivity index (χ4v) is 5.40. The molecular weight excluding hydrogens is 402 g/mol. The van der Waals surface area contributed by atoms with Gasteiger partial charge in [0.15, 0.2) is 5.16 Å². The number of fused-ring (bicyclic) bond motifs is 2. The van der Waals surface area contributed by atoms with Crippen molar-refractivity contribution in [2.24, 2.45) is 0 Å². The standard InChI is InChI=1S/C22H25N3O2S2/c1-2-3-10-23-18(26)13-29-22-24-20(27)19-17(12-28-21(19)25-22)16-9-8-14-6-4-5-7-15(14)11-16/h8-9,11-12H,2-7,10,13H2,1H3,(H,23,26)(H,24,25,27). The Balaban J connectivity index is 1.55. The van der Waals surface area contributed by atoms with E-state index in [2.05, 4.69) is 40.4 Å². The van der Waals surface area contributed by atoms with Gasteiger partial charge in [0, 0.05) is 17.5 Å². The Morgan fingerprint density at radius 3 is 2.93 bits per heavy atom. The van der Waals surface area contributed by atoms with Crippen LogP contribution in [-0.4, -0.2) is 28.2 Å². The summed E-state index contributed by atoms with van der Waals surface area (Å²) in [6.45, 7) is 2.78. The Labute approximate surface area is 178 Å². The molecule has 2 aromatic heterocycles. The number of aromatic amines is 1. The second-order valence-corrected chi connectivity index (χ2v) is 9.21. The highest BCUT2D eigenvalue weighted by Gasteiger charge is 2.16. The maximum Gasteiger partial charge on any atom is 0.260 e. The summed E-state index contributed by atoms with van der Waals surface area (Å²) in [5.74, 6) is 0.216. The summed E-state index contributed by atoms with van der Waals surface area (Å²) in [6.07, 6.45) is 6.77. The van der Waals surface area contributed by atoms with E-state index in [4.69, 9.17) is 0 Å². The zero-order chi connectivity index (χ0) is 20.2. The van der Waals surface area contributed by atoms with Crippen LogP contribution in [0.1, 0.15) is 43.7 Å². The molecule has 0 atom stereocenters. The lowest BCUT2D eigenvalue weighted by Crippen LogP contribution is -2.26. The number of amides is 1. The molecule has 0 bridgehead atoms. The van der Waals surface area contributed by atoms with Gasteiger partial charge in [-0.15, -0.1) is 11.3 Å². The van der Waals surface area contributed by atoms with Crippen molar-refractivity contribution in [2.45, 2.75) is 50.6 Å². The van der Waals surface area contributed by atoms with Gasteiger partial charge in [0.05, 0.1) is 11.1 Å².